The molecular weight excluding hydrogens is 486 g/mol. The number of hydrogen-bond donors (Lipinski definition) is 0. The first-order chi connectivity index (χ1) is 19.8. The monoisotopic (exact) mass is 511 g/mol. The Hall–Kier alpha value is -5.41. The Kier molecular flexibility index (Phi) is 6.15. The lowest BCUT2D eigenvalue weighted by molar-refractivity contribution is 1.23. The van der Waals surface area contributed by atoms with Crippen LogP contribution in [0.4, 0.5) is 0 Å². The molecule has 0 spiro atoms. The number of pyridine rings is 1. The number of rotatable bonds is 5. The quantitative estimate of drug-likeness (QED) is 0.231. The third-order valence-corrected chi connectivity index (χ3v) is 7.15. The summed E-state index contributed by atoms with van der Waals surface area (Å²) < 4.78 is 0. The van der Waals surface area contributed by atoms with Crippen LogP contribution in [0.15, 0.2) is 152 Å². The first kappa shape index (κ1) is 23.7. The van der Waals surface area contributed by atoms with Gasteiger partial charge in [0.25, 0.3) is 0 Å². The number of nitrogens with zero attached hydrogens (tertiary/aromatic N) is 3. The Balaban J connectivity index is 1.20. The number of hydrogen-bond acceptors (Lipinski definition) is 3. The molecule has 7 aromatic rings. The second kappa shape index (κ2) is 10.4. The minimum absolute atomic E-state index is 0.735. The van der Waals surface area contributed by atoms with E-state index in [1.54, 1.807) is 0 Å². The van der Waals surface area contributed by atoms with Gasteiger partial charge >= 0.3 is 0 Å². The summed E-state index contributed by atoms with van der Waals surface area (Å²) in [5.74, 6) is 0.735. The van der Waals surface area contributed by atoms with Crippen LogP contribution in [0.1, 0.15) is 0 Å². The molecule has 0 atom stereocenters. The Morgan fingerprint density at radius 3 is 1.48 bits per heavy atom. The maximum absolute atomic E-state index is 5.05. The summed E-state index contributed by atoms with van der Waals surface area (Å²) in [6, 6.07) is 50.3. The predicted molar refractivity (Wildman–Crippen MR) is 165 cm³/mol. The van der Waals surface area contributed by atoms with Gasteiger partial charge in [-0.15, -0.1) is 0 Å². The minimum Gasteiger partial charge on any atom is -0.248 e. The second-order valence-electron chi connectivity index (χ2n) is 9.77. The van der Waals surface area contributed by atoms with E-state index in [1.807, 2.05) is 42.6 Å². The molecule has 5 aromatic carbocycles. The van der Waals surface area contributed by atoms with Crippen LogP contribution in [0.25, 0.3) is 67.1 Å². The van der Waals surface area contributed by atoms with Crippen LogP contribution >= 0.6 is 0 Å². The molecule has 0 amide bonds. The van der Waals surface area contributed by atoms with E-state index in [1.165, 1.54) is 5.56 Å². The molecule has 0 radical (unpaired) electrons. The molecule has 7 rings (SSSR count). The highest BCUT2D eigenvalue weighted by Gasteiger charge is 2.10. The van der Waals surface area contributed by atoms with Crippen LogP contribution in [0.5, 0.6) is 0 Å². The van der Waals surface area contributed by atoms with Crippen LogP contribution in [0.2, 0.25) is 0 Å². The average Bonchev–Trinajstić information content (AvgIpc) is 3.05. The lowest BCUT2D eigenvalue weighted by atomic mass is 9.98. The summed E-state index contributed by atoms with van der Waals surface area (Å²) in [5.41, 5.74) is 10.7. The van der Waals surface area contributed by atoms with Crippen LogP contribution in [-0.4, -0.2) is 15.0 Å². The SMILES string of the molecule is c1ccc(-c2cc(-c3ccccc3)nc(-c3ccc(-c4ccc(-c5ncc6ccccc6n5)cc4)cc3)c2)cc1. The van der Waals surface area contributed by atoms with Crippen molar-refractivity contribution in [2.24, 2.45) is 0 Å². The summed E-state index contributed by atoms with van der Waals surface area (Å²) in [7, 11) is 0. The van der Waals surface area contributed by atoms with Crippen LogP contribution in [0, 0.1) is 0 Å². The molecule has 2 heterocycles. The van der Waals surface area contributed by atoms with Crippen LogP contribution < -0.4 is 0 Å². The van der Waals surface area contributed by atoms with E-state index >= 15 is 0 Å². The molecule has 0 saturated heterocycles. The highest BCUT2D eigenvalue weighted by molar-refractivity contribution is 5.80. The molecule has 0 saturated carbocycles. The molecule has 0 unspecified atom stereocenters. The zero-order chi connectivity index (χ0) is 26.7. The van der Waals surface area contributed by atoms with Crippen molar-refractivity contribution in [2.75, 3.05) is 0 Å². The Labute approximate surface area is 233 Å². The summed E-state index contributed by atoms with van der Waals surface area (Å²) in [6.45, 7) is 0. The van der Waals surface area contributed by atoms with Crippen molar-refractivity contribution >= 4 is 10.9 Å². The van der Waals surface area contributed by atoms with Gasteiger partial charge in [0, 0.05) is 28.3 Å². The first-order valence-corrected chi connectivity index (χ1v) is 13.4. The second-order valence-corrected chi connectivity index (χ2v) is 9.77. The molecule has 0 aliphatic rings. The molecule has 2 aromatic heterocycles. The number of para-hydroxylation sites is 1. The van der Waals surface area contributed by atoms with Gasteiger partial charge in [0.1, 0.15) is 0 Å². The highest BCUT2D eigenvalue weighted by Crippen LogP contribution is 2.32. The summed E-state index contributed by atoms with van der Waals surface area (Å²) in [5, 5.41) is 1.04. The van der Waals surface area contributed by atoms with Gasteiger partial charge < -0.3 is 0 Å². The van der Waals surface area contributed by atoms with Crippen molar-refractivity contribution in [1.29, 1.82) is 0 Å². The van der Waals surface area contributed by atoms with Crippen molar-refractivity contribution in [3.63, 3.8) is 0 Å². The van der Waals surface area contributed by atoms with Crippen molar-refractivity contribution in [2.45, 2.75) is 0 Å². The van der Waals surface area contributed by atoms with E-state index in [9.17, 15) is 0 Å². The molecule has 0 fully saturated rings. The molecule has 3 nitrogen and oxygen atoms in total. The third kappa shape index (κ3) is 4.77. The predicted octanol–water partition coefficient (Wildman–Crippen LogP) is 9.36. The normalized spacial score (nSPS) is 11.0. The maximum atomic E-state index is 5.05. The van der Waals surface area contributed by atoms with Gasteiger partial charge in [-0.05, 0) is 40.5 Å². The molecule has 0 aliphatic carbocycles. The van der Waals surface area contributed by atoms with Gasteiger partial charge in [0.15, 0.2) is 5.82 Å². The molecule has 40 heavy (non-hydrogen) atoms. The largest absolute Gasteiger partial charge is 0.248 e. The van der Waals surface area contributed by atoms with E-state index in [4.69, 9.17) is 9.97 Å². The van der Waals surface area contributed by atoms with Gasteiger partial charge in [-0.3, -0.25) is 0 Å². The van der Waals surface area contributed by atoms with Gasteiger partial charge in [0.2, 0.25) is 0 Å². The van der Waals surface area contributed by atoms with Crippen molar-refractivity contribution in [1.82, 2.24) is 15.0 Å². The molecule has 188 valence electrons. The zero-order valence-electron chi connectivity index (χ0n) is 21.8. The van der Waals surface area contributed by atoms with Gasteiger partial charge in [-0.25, -0.2) is 15.0 Å². The van der Waals surface area contributed by atoms with Crippen LogP contribution in [-0.2, 0) is 0 Å². The lowest BCUT2D eigenvalue weighted by Crippen LogP contribution is -1.91. The summed E-state index contributed by atoms with van der Waals surface area (Å²) in [6.07, 6.45) is 1.88. The first-order valence-electron chi connectivity index (χ1n) is 13.4. The molecule has 0 bridgehead atoms. The number of aromatic nitrogens is 3. The summed E-state index contributed by atoms with van der Waals surface area (Å²) in [4.78, 5) is 14.4. The van der Waals surface area contributed by atoms with Crippen molar-refractivity contribution in [3.05, 3.63) is 152 Å². The highest BCUT2D eigenvalue weighted by atomic mass is 14.9. The number of fused-ring (bicyclic) bond motifs is 1. The van der Waals surface area contributed by atoms with E-state index in [-0.39, 0.29) is 0 Å². The van der Waals surface area contributed by atoms with Gasteiger partial charge in [-0.2, -0.15) is 0 Å². The molecule has 3 heteroatoms. The minimum atomic E-state index is 0.735. The van der Waals surface area contributed by atoms with E-state index < -0.39 is 0 Å². The van der Waals surface area contributed by atoms with E-state index in [0.717, 1.165) is 61.5 Å². The number of benzene rings is 5. The van der Waals surface area contributed by atoms with E-state index in [0.29, 0.717) is 0 Å². The Morgan fingerprint density at radius 2 is 0.825 bits per heavy atom. The van der Waals surface area contributed by atoms with E-state index in [2.05, 4.69) is 114 Å². The standard InChI is InChI=1S/C37H25N3/c1-3-9-26(10-4-1)33-23-35(29-11-5-2-6-12-29)39-36(24-33)30-19-15-27(16-20-30)28-17-21-31(22-18-28)37-38-25-32-13-7-8-14-34(32)40-37/h1-25H. The fourth-order valence-electron chi connectivity index (χ4n) is 4.99. The van der Waals surface area contributed by atoms with Crippen molar-refractivity contribution in [3.8, 4) is 56.2 Å². The topological polar surface area (TPSA) is 38.7 Å². The molecule has 0 aliphatic heterocycles. The average molecular weight is 512 g/mol. The summed E-state index contributed by atoms with van der Waals surface area (Å²) >= 11 is 0. The van der Waals surface area contributed by atoms with Crippen LogP contribution in [0.3, 0.4) is 0 Å². The van der Waals surface area contributed by atoms with Gasteiger partial charge in [-0.1, -0.05) is 127 Å². The molecular formula is C37H25N3. The maximum Gasteiger partial charge on any atom is 0.159 e. The molecule has 0 N–H and O–H groups in total. The third-order valence-electron chi connectivity index (χ3n) is 7.15. The fourth-order valence-corrected chi connectivity index (χ4v) is 4.99. The van der Waals surface area contributed by atoms with Gasteiger partial charge in [0.05, 0.1) is 16.9 Å². The Morgan fingerprint density at radius 1 is 0.350 bits per heavy atom. The Bertz CT molecular complexity index is 1850. The van der Waals surface area contributed by atoms with Crippen molar-refractivity contribution < 1.29 is 0 Å². The lowest BCUT2D eigenvalue weighted by Gasteiger charge is -2.11. The fraction of sp³-hybridized carbons (Fsp3) is 0. The smallest absolute Gasteiger partial charge is 0.159 e. The zero-order valence-corrected chi connectivity index (χ0v) is 21.8.